The second-order valence-corrected chi connectivity index (χ2v) is 6.01. The molecule has 0 fully saturated rings. The Morgan fingerprint density at radius 2 is 1.81 bits per heavy atom. The van der Waals surface area contributed by atoms with Gasteiger partial charge in [-0.25, -0.2) is 4.39 Å². The summed E-state index contributed by atoms with van der Waals surface area (Å²) in [5, 5.41) is 2.83. The van der Waals surface area contributed by atoms with E-state index in [9.17, 15) is 9.18 Å². The van der Waals surface area contributed by atoms with Gasteiger partial charge in [-0.1, -0.05) is 24.3 Å². The second-order valence-electron chi connectivity index (χ2n) is 6.01. The summed E-state index contributed by atoms with van der Waals surface area (Å²) in [6.07, 6.45) is 0. The summed E-state index contributed by atoms with van der Waals surface area (Å²) < 4.78 is 24.5. The smallest absolute Gasteiger partial charge is 0.258 e. The zero-order chi connectivity index (χ0) is 18.9. The third-order valence-corrected chi connectivity index (χ3v) is 3.86. The summed E-state index contributed by atoms with van der Waals surface area (Å²) in [6.45, 7) is 2.64. The minimum atomic E-state index is -0.295. The highest BCUT2D eigenvalue weighted by Crippen LogP contribution is 2.26. The molecule has 1 unspecified atom stereocenters. The van der Waals surface area contributed by atoms with E-state index in [1.165, 1.54) is 12.1 Å². The summed E-state index contributed by atoms with van der Waals surface area (Å²) >= 11 is 0. The maximum absolute atomic E-state index is 13.5. The van der Waals surface area contributed by atoms with Crippen molar-refractivity contribution in [2.45, 2.75) is 13.0 Å². The molecule has 0 bridgehead atoms. The van der Waals surface area contributed by atoms with Gasteiger partial charge in [0.2, 0.25) is 0 Å². The van der Waals surface area contributed by atoms with Crippen LogP contribution in [0.2, 0.25) is 0 Å². The van der Waals surface area contributed by atoms with Crippen molar-refractivity contribution in [3.8, 4) is 11.5 Å². The first-order valence-electron chi connectivity index (χ1n) is 8.54. The molecule has 1 atom stereocenters. The summed E-state index contributed by atoms with van der Waals surface area (Å²) in [4.78, 5) is 14.1. The monoisotopic (exact) mass is 360 g/mol. The molecule has 2 aromatic rings. The summed E-state index contributed by atoms with van der Waals surface area (Å²) in [5.74, 6) is 0.587. The van der Waals surface area contributed by atoms with Gasteiger partial charge < -0.3 is 19.7 Å². The molecule has 0 aliphatic heterocycles. The second kappa shape index (κ2) is 9.77. The van der Waals surface area contributed by atoms with Crippen LogP contribution in [0.1, 0.15) is 18.5 Å². The molecule has 6 heteroatoms. The zero-order valence-corrected chi connectivity index (χ0v) is 15.4. The van der Waals surface area contributed by atoms with E-state index in [2.05, 4.69) is 5.32 Å². The van der Waals surface area contributed by atoms with Crippen molar-refractivity contribution in [1.29, 1.82) is 0 Å². The average molecular weight is 360 g/mol. The number of hydrogen-bond donors (Lipinski definition) is 1. The number of carbonyl (C=O) groups is 1. The van der Waals surface area contributed by atoms with Crippen LogP contribution >= 0.6 is 0 Å². The number of nitrogens with zero attached hydrogens (tertiary/aromatic N) is 1. The highest BCUT2D eigenvalue weighted by Gasteiger charge is 2.16. The molecular formula is C20H25FN2O3. The summed E-state index contributed by atoms with van der Waals surface area (Å²) in [5.41, 5.74) is 0.804. The van der Waals surface area contributed by atoms with E-state index in [-0.39, 0.29) is 24.4 Å². The predicted octanol–water partition coefficient (Wildman–Crippen LogP) is 3.02. The van der Waals surface area contributed by atoms with Gasteiger partial charge in [0.25, 0.3) is 5.91 Å². The lowest BCUT2D eigenvalue weighted by Crippen LogP contribution is -2.37. The number of hydrogen-bond acceptors (Lipinski definition) is 4. The Hall–Kier alpha value is -2.60. The summed E-state index contributed by atoms with van der Waals surface area (Å²) in [6, 6.07) is 13.5. The van der Waals surface area contributed by atoms with Crippen LogP contribution in [0.5, 0.6) is 11.5 Å². The largest absolute Gasteiger partial charge is 0.490 e. The van der Waals surface area contributed by atoms with Crippen LogP contribution in [-0.2, 0) is 4.79 Å². The normalized spacial score (nSPS) is 11.9. The highest BCUT2D eigenvalue weighted by atomic mass is 19.1. The number of rotatable bonds is 9. The molecule has 0 aliphatic carbocycles. The first-order valence-corrected chi connectivity index (χ1v) is 8.54. The van der Waals surface area contributed by atoms with E-state index in [0.29, 0.717) is 24.7 Å². The molecule has 0 radical (unpaired) electrons. The number of carbonyl (C=O) groups excluding carboxylic acids is 1. The van der Waals surface area contributed by atoms with Crippen LogP contribution in [0, 0.1) is 5.82 Å². The Bertz CT molecular complexity index is 722. The average Bonchev–Trinajstić information content (AvgIpc) is 2.61. The van der Waals surface area contributed by atoms with Crippen molar-refractivity contribution in [1.82, 2.24) is 10.2 Å². The van der Waals surface area contributed by atoms with Crippen LogP contribution in [-0.4, -0.2) is 44.7 Å². The lowest BCUT2D eigenvalue weighted by molar-refractivity contribution is -0.123. The fourth-order valence-corrected chi connectivity index (χ4v) is 2.56. The molecule has 1 N–H and O–H groups in total. The quantitative estimate of drug-likeness (QED) is 0.747. The van der Waals surface area contributed by atoms with Gasteiger partial charge >= 0.3 is 0 Å². The first-order chi connectivity index (χ1) is 12.5. The number of halogens is 1. The Balaban J connectivity index is 1.91. The third-order valence-electron chi connectivity index (χ3n) is 3.86. The number of benzene rings is 2. The van der Waals surface area contributed by atoms with Gasteiger partial charge in [-0.2, -0.15) is 0 Å². The Labute approximate surface area is 153 Å². The number of nitrogens with one attached hydrogen (secondary N) is 1. The highest BCUT2D eigenvalue weighted by molar-refractivity contribution is 5.77. The van der Waals surface area contributed by atoms with Crippen molar-refractivity contribution >= 4 is 5.91 Å². The number of likely N-dealkylation sites (N-methyl/N-ethyl adjacent to an activating group) is 1. The zero-order valence-electron chi connectivity index (χ0n) is 15.4. The first kappa shape index (κ1) is 19.7. The lowest BCUT2D eigenvalue weighted by atomic mass is 10.1. The van der Waals surface area contributed by atoms with Gasteiger partial charge in [-0.3, -0.25) is 4.79 Å². The molecule has 0 heterocycles. The molecular weight excluding hydrogens is 335 g/mol. The van der Waals surface area contributed by atoms with Crippen LogP contribution in [0.25, 0.3) is 0 Å². The number of para-hydroxylation sites is 2. The molecule has 1 amide bonds. The minimum absolute atomic E-state index is 0.118. The predicted molar refractivity (Wildman–Crippen MR) is 98.9 cm³/mol. The lowest BCUT2D eigenvalue weighted by Gasteiger charge is -2.25. The van der Waals surface area contributed by atoms with Crippen molar-refractivity contribution in [2.75, 3.05) is 33.9 Å². The fraction of sp³-hybridized carbons (Fsp3) is 0.350. The Morgan fingerprint density at radius 3 is 2.42 bits per heavy atom. The Morgan fingerprint density at radius 1 is 1.12 bits per heavy atom. The van der Waals surface area contributed by atoms with E-state index in [1.807, 2.05) is 44.1 Å². The van der Waals surface area contributed by atoms with Crippen LogP contribution in [0.15, 0.2) is 48.5 Å². The van der Waals surface area contributed by atoms with E-state index in [4.69, 9.17) is 9.47 Å². The molecule has 26 heavy (non-hydrogen) atoms. The van der Waals surface area contributed by atoms with E-state index >= 15 is 0 Å². The molecule has 2 rings (SSSR count). The van der Waals surface area contributed by atoms with E-state index in [1.54, 1.807) is 18.2 Å². The molecule has 0 saturated heterocycles. The van der Waals surface area contributed by atoms with Gasteiger partial charge in [-0.05, 0) is 50.8 Å². The van der Waals surface area contributed by atoms with Crippen LogP contribution in [0.3, 0.4) is 0 Å². The van der Waals surface area contributed by atoms with Crippen molar-refractivity contribution in [3.05, 3.63) is 59.9 Å². The fourth-order valence-electron chi connectivity index (χ4n) is 2.56. The molecule has 0 spiro atoms. The molecule has 140 valence electrons. The van der Waals surface area contributed by atoms with Gasteiger partial charge in [0.15, 0.2) is 18.1 Å². The maximum atomic E-state index is 13.5. The number of ether oxygens (including phenoxy) is 2. The van der Waals surface area contributed by atoms with Crippen LogP contribution < -0.4 is 14.8 Å². The SMILES string of the molecule is CCOc1ccccc1OCC(=O)NCC(c1cccc(F)c1)N(C)C. The molecule has 0 saturated carbocycles. The third kappa shape index (κ3) is 5.74. The summed E-state index contributed by atoms with van der Waals surface area (Å²) in [7, 11) is 3.77. The van der Waals surface area contributed by atoms with Gasteiger partial charge in [-0.15, -0.1) is 0 Å². The molecule has 0 aromatic heterocycles. The Kier molecular flexibility index (Phi) is 7.41. The molecule has 2 aromatic carbocycles. The van der Waals surface area contributed by atoms with Crippen molar-refractivity contribution in [2.24, 2.45) is 0 Å². The van der Waals surface area contributed by atoms with Crippen LogP contribution in [0.4, 0.5) is 4.39 Å². The maximum Gasteiger partial charge on any atom is 0.258 e. The minimum Gasteiger partial charge on any atom is -0.490 e. The van der Waals surface area contributed by atoms with Gasteiger partial charge in [0, 0.05) is 6.54 Å². The topological polar surface area (TPSA) is 50.8 Å². The van der Waals surface area contributed by atoms with E-state index in [0.717, 1.165) is 5.56 Å². The van der Waals surface area contributed by atoms with E-state index < -0.39 is 0 Å². The van der Waals surface area contributed by atoms with Crippen molar-refractivity contribution < 1.29 is 18.7 Å². The molecule has 5 nitrogen and oxygen atoms in total. The molecule has 0 aliphatic rings. The van der Waals surface area contributed by atoms with Crippen molar-refractivity contribution in [3.63, 3.8) is 0 Å². The standard InChI is InChI=1S/C20H25FN2O3/c1-4-25-18-10-5-6-11-19(18)26-14-20(24)22-13-17(23(2)3)15-8-7-9-16(21)12-15/h5-12,17H,4,13-14H2,1-3H3,(H,22,24). The van der Waals surface area contributed by atoms with Gasteiger partial charge in [0.05, 0.1) is 12.6 Å². The number of amides is 1. The van der Waals surface area contributed by atoms with Gasteiger partial charge in [0.1, 0.15) is 5.82 Å².